The summed E-state index contributed by atoms with van der Waals surface area (Å²) in [5.74, 6) is 1.21. The molecule has 4 rings (SSSR count). The van der Waals surface area contributed by atoms with Crippen molar-refractivity contribution in [2.45, 2.75) is 17.8 Å². The van der Waals surface area contributed by atoms with E-state index in [1.807, 2.05) is 50.5 Å². The second kappa shape index (κ2) is 6.80. The number of fused-ring (bicyclic) bond motifs is 1. The highest BCUT2D eigenvalue weighted by atomic mass is 32.2. The predicted molar refractivity (Wildman–Crippen MR) is 105 cm³/mol. The second-order valence-electron chi connectivity index (χ2n) is 6.12. The van der Waals surface area contributed by atoms with Crippen molar-refractivity contribution in [1.29, 1.82) is 0 Å². The van der Waals surface area contributed by atoms with Crippen LogP contribution in [0.15, 0.2) is 64.7 Å². The molecule has 0 fully saturated rings. The number of nitrogens with zero attached hydrogens (tertiary/aromatic N) is 3. The van der Waals surface area contributed by atoms with E-state index in [9.17, 15) is 4.79 Å². The fourth-order valence-corrected chi connectivity index (χ4v) is 3.78. The number of hydrogen-bond donors (Lipinski definition) is 1. The van der Waals surface area contributed by atoms with Crippen LogP contribution in [0, 0.1) is 6.92 Å². The van der Waals surface area contributed by atoms with Gasteiger partial charge in [-0.2, -0.15) is 0 Å². The fourth-order valence-electron chi connectivity index (χ4n) is 2.96. The Morgan fingerprint density at radius 1 is 1.12 bits per heavy atom. The molecule has 0 aliphatic rings. The molecule has 2 heterocycles. The lowest BCUT2D eigenvalue weighted by Crippen LogP contribution is -2.12. The largest absolute Gasteiger partial charge is 0.322 e. The molecule has 0 spiro atoms. The molecular formula is C20H18N4OS. The van der Waals surface area contributed by atoms with Gasteiger partial charge >= 0.3 is 0 Å². The molecule has 0 unspecified atom stereocenters. The summed E-state index contributed by atoms with van der Waals surface area (Å²) in [5.41, 5.74) is 3.85. The van der Waals surface area contributed by atoms with E-state index in [1.165, 1.54) is 0 Å². The third kappa shape index (κ3) is 3.04. The van der Waals surface area contributed by atoms with Gasteiger partial charge in [0, 0.05) is 7.05 Å². The summed E-state index contributed by atoms with van der Waals surface area (Å²) >= 11 is 1.56. The van der Waals surface area contributed by atoms with Crippen molar-refractivity contribution < 1.29 is 0 Å². The molecule has 2 aromatic carbocycles. The summed E-state index contributed by atoms with van der Waals surface area (Å²) < 4.78 is 2.06. The summed E-state index contributed by atoms with van der Waals surface area (Å²) in [6.07, 6.45) is 1.87. The van der Waals surface area contributed by atoms with E-state index in [4.69, 9.17) is 0 Å². The van der Waals surface area contributed by atoms with Gasteiger partial charge in [-0.15, -0.1) is 0 Å². The van der Waals surface area contributed by atoms with Crippen molar-refractivity contribution in [2.75, 3.05) is 0 Å². The Balaban J connectivity index is 1.60. The Kier molecular flexibility index (Phi) is 4.34. The molecule has 130 valence electrons. The van der Waals surface area contributed by atoms with Gasteiger partial charge in [0.15, 0.2) is 5.16 Å². The van der Waals surface area contributed by atoms with Crippen molar-refractivity contribution >= 4 is 22.7 Å². The van der Waals surface area contributed by atoms with Gasteiger partial charge in [0.2, 0.25) is 0 Å². The highest BCUT2D eigenvalue weighted by molar-refractivity contribution is 7.98. The Morgan fingerprint density at radius 3 is 2.73 bits per heavy atom. The minimum absolute atomic E-state index is 0.0980. The molecule has 0 saturated carbocycles. The Labute approximate surface area is 155 Å². The standard InChI is InChI=1S/C20H18N4OS/c1-13-7-6-10-15-18(13)22-17(23-19(15)25)12-26-20-21-11-16(24(20)2)14-8-4-3-5-9-14/h3-11H,12H2,1-2H3,(H,22,23,25). The fraction of sp³-hybridized carbons (Fsp3) is 0.150. The third-order valence-corrected chi connectivity index (χ3v) is 5.40. The molecule has 0 radical (unpaired) electrons. The second-order valence-corrected chi connectivity index (χ2v) is 7.07. The molecule has 2 aromatic heterocycles. The number of nitrogens with one attached hydrogen (secondary N) is 1. The van der Waals surface area contributed by atoms with Gasteiger partial charge < -0.3 is 9.55 Å². The van der Waals surface area contributed by atoms with Crippen molar-refractivity contribution in [1.82, 2.24) is 19.5 Å². The number of benzene rings is 2. The molecule has 0 amide bonds. The summed E-state index contributed by atoms with van der Waals surface area (Å²) in [4.78, 5) is 24.3. The molecule has 26 heavy (non-hydrogen) atoms. The highest BCUT2D eigenvalue weighted by Gasteiger charge is 2.11. The third-order valence-electron chi connectivity index (χ3n) is 4.34. The summed E-state index contributed by atoms with van der Waals surface area (Å²) in [7, 11) is 2.00. The molecule has 0 bridgehead atoms. The number of imidazole rings is 1. The molecule has 6 heteroatoms. The van der Waals surface area contributed by atoms with Crippen LogP contribution in [0.3, 0.4) is 0 Å². The van der Waals surface area contributed by atoms with Crippen molar-refractivity contribution in [3.63, 3.8) is 0 Å². The zero-order chi connectivity index (χ0) is 18.1. The van der Waals surface area contributed by atoms with E-state index in [-0.39, 0.29) is 5.56 Å². The van der Waals surface area contributed by atoms with Crippen LogP contribution in [0.2, 0.25) is 0 Å². The zero-order valence-corrected chi connectivity index (χ0v) is 15.4. The number of aromatic nitrogens is 4. The maximum absolute atomic E-state index is 12.3. The van der Waals surface area contributed by atoms with Crippen LogP contribution in [0.4, 0.5) is 0 Å². The van der Waals surface area contributed by atoms with Crippen LogP contribution in [-0.2, 0) is 12.8 Å². The molecule has 0 aliphatic carbocycles. The minimum Gasteiger partial charge on any atom is -0.322 e. The quantitative estimate of drug-likeness (QED) is 0.559. The SMILES string of the molecule is Cc1cccc2c(=O)[nH]c(CSc3ncc(-c4ccccc4)n3C)nc12. The van der Waals surface area contributed by atoms with Crippen molar-refractivity contribution in [3.8, 4) is 11.3 Å². The van der Waals surface area contributed by atoms with Crippen LogP contribution in [-0.4, -0.2) is 19.5 Å². The molecule has 5 nitrogen and oxygen atoms in total. The first-order chi connectivity index (χ1) is 12.6. The van der Waals surface area contributed by atoms with Crippen LogP contribution >= 0.6 is 11.8 Å². The molecule has 0 saturated heterocycles. The number of thioether (sulfide) groups is 1. The van der Waals surface area contributed by atoms with Gasteiger partial charge in [-0.1, -0.05) is 54.2 Å². The first-order valence-corrected chi connectivity index (χ1v) is 9.30. The van der Waals surface area contributed by atoms with Gasteiger partial charge in [0.25, 0.3) is 5.56 Å². The van der Waals surface area contributed by atoms with Crippen LogP contribution in [0.5, 0.6) is 0 Å². The Hall–Kier alpha value is -2.86. The van der Waals surface area contributed by atoms with E-state index in [0.717, 1.165) is 27.5 Å². The smallest absolute Gasteiger partial charge is 0.258 e. The molecule has 4 aromatic rings. The lowest BCUT2D eigenvalue weighted by atomic mass is 10.1. The molecule has 0 aliphatic heterocycles. The maximum atomic E-state index is 12.3. The topological polar surface area (TPSA) is 63.6 Å². The maximum Gasteiger partial charge on any atom is 0.258 e. The summed E-state index contributed by atoms with van der Waals surface area (Å²) in [5, 5.41) is 1.51. The number of para-hydroxylation sites is 1. The van der Waals surface area contributed by atoms with Crippen molar-refractivity contribution in [2.24, 2.45) is 7.05 Å². The van der Waals surface area contributed by atoms with Crippen molar-refractivity contribution in [3.05, 3.63) is 76.5 Å². The number of rotatable bonds is 4. The van der Waals surface area contributed by atoms with E-state index in [1.54, 1.807) is 17.8 Å². The zero-order valence-electron chi connectivity index (χ0n) is 14.6. The van der Waals surface area contributed by atoms with E-state index < -0.39 is 0 Å². The molecule has 0 atom stereocenters. The molecular weight excluding hydrogens is 344 g/mol. The number of aromatic amines is 1. The molecule has 1 N–H and O–H groups in total. The van der Waals surface area contributed by atoms with Gasteiger partial charge in [-0.3, -0.25) is 4.79 Å². The van der Waals surface area contributed by atoms with Crippen LogP contribution < -0.4 is 5.56 Å². The number of H-pyrrole nitrogens is 1. The first kappa shape index (κ1) is 16.6. The first-order valence-electron chi connectivity index (χ1n) is 8.32. The van der Waals surface area contributed by atoms with Crippen LogP contribution in [0.1, 0.15) is 11.4 Å². The lowest BCUT2D eigenvalue weighted by molar-refractivity contribution is 0.795. The van der Waals surface area contributed by atoms with E-state index in [2.05, 4.69) is 31.7 Å². The lowest BCUT2D eigenvalue weighted by Gasteiger charge is -2.07. The van der Waals surface area contributed by atoms with Gasteiger partial charge in [-0.05, 0) is 24.1 Å². The minimum atomic E-state index is -0.0980. The monoisotopic (exact) mass is 362 g/mol. The normalized spacial score (nSPS) is 11.2. The highest BCUT2D eigenvalue weighted by Crippen LogP contribution is 2.26. The summed E-state index contributed by atoms with van der Waals surface area (Å²) in [6.45, 7) is 1.97. The van der Waals surface area contributed by atoms with Gasteiger partial charge in [0.1, 0.15) is 5.82 Å². The van der Waals surface area contributed by atoms with Gasteiger partial charge in [-0.25, -0.2) is 9.97 Å². The van der Waals surface area contributed by atoms with Gasteiger partial charge in [0.05, 0.1) is 28.5 Å². The Morgan fingerprint density at radius 2 is 1.92 bits per heavy atom. The average Bonchev–Trinajstić information content (AvgIpc) is 3.02. The Bertz CT molecular complexity index is 1130. The average molecular weight is 362 g/mol. The van der Waals surface area contributed by atoms with E-state index in [0.29, 0.717) is 17.0 Å². The number of hydrogen-bond acceptors (Lipinski definition) is 4. The number of aryl methyl sites for hydroxylation is 1. The summed E-state index contributed by atoms with van der Waals surface area (Å²) in [6, 6.07) is 15.8. The predicted octanol–water partition coefficient (Wildman–Crippen LogP) is 3.92. The van der Waals surface area contributed by atoms with E-state index >= 15 is 0 Å². The van der Waals surface area contributed by atoms with Crippen LogP contribution in [0.25, 0.3) is 22.2 Å².